The number of nitrogens with one attached hydrogen (secondary N) is 1. The number of phenolic OH excluding ortho intramolecular Hbond substituents is 1. The molecule has 3 N–H and O–H groups in total. The number of carbonyl (C=O) groups excluding carboxylic acids is 2. The third kappa shape index (κ3) is 4.73. The highest BCUT2D eigenvalue weighted by Gasteiger charge is 2.26. The number of amides is 2. The summed E-state index contributed by atoms with van der Waals surface area (Å²) in [5, 5.41) is 23.1. The molecule has 2 amide bonds. The highest BCUT2D eigenvalue weighted by molar-refractivity contribution is 6.02. The van der Waals surface area contributed by atoms with Gasteiger partial charge in [-0.05, 0) is 35.9 Å². The molecule has 6 nitrogen and oxygen atoms in total. The summed E-state index contributed by atoms with van der Waals surface area (Å²) in [6.45, 7) is 1.79. The Kier molecular flexibility index (Phi) is 6.46. The van der Waals surface area contributed by atoms with Crippen molar-refractivity contribution < 1.29 is 24.5 Å². The molecule has 0 aliphatic carbocycles. The molecule has 0 saturated heterocycles. The smallest absolute Gasteiger partial charge is 0.414 e. The fourth-order valence-electron chi connectivity index (χ4n) is 3.29. The van der Waals surface area contributed by atoms with E-state index in [1.54, 1.807) is 48.5 Å². The SMILES string of the molecule is C[C@@H](CCO)[C@H](OC(=O)NC(=O)c1ccccc1)c1ccc(O)c2ccccc12. The number of benzene rings is 3. The molecular weight excluding hydrogens is 370 g/mol. The van der Waals surface area contributed by atoms with Crippen molar-refractivity contribution in [1.29, 1.82) is 0 Å². The van der Waals surface area contributed by atoms with Gasteiger partial charge in [0, 0.05) is 23.1 Å². The van der Waals surface area contributed by atoms with Crippen LogP contribution in [0.5, 0.6) is 5.75 Å². The Bertz CT molecular complexity index is 1000. The Balaban J connectivity index is 1.88. The van der Waals surface area contributed by atoms with Crippen LogP contribution in [0.1, 0.15) is 35.4 Å². The Hall–Kier alpha value is -3.38. The fraction of sp³-hybridized carbons (Fsp3) is 0.217. The molecule has 0 heterocycles. The molecule has 150 valence electrons. The van der Waals surface area contributed by atoms with Gasteiger partial charge in [0.1, 0.15) is 11.9 Å². The normalized spacial score (nSPS) is 12.9. The topological polar surface area (TPSA) is 95.9 Å². The van der Waals surface area contributed by atoms with Crippen LogP contribution in [-0.4, -0.2) is 28.8 Å². The van der Waals surface area contributed by atoms with E-state index in [4.69, 9.17) is 4.74 Å². The van der Waals surface area contributed by atoms with Gasteiger partial charge in [-0.1, -0.05) is 55.5 Å². The second kappa shape index (κ2) is 9.21. The summed E-state index contributed by atoms with van der Waals surface area (Å²) in [6.07, 6.45) is -1.18. The molecule has 3 rings (SSSR count). The minimum atomic E-state index is -0.870. The summed E-state index contributed by atoms with van der Waals surface area (Å²) in [5.74, 6) is -0.646. The van der Waals surface area contributed by atoms with Gasteiger partial charge in [-0.3, -0.25) is 10.1 Å². The van der Waals surface area contributed by atoms with Crippen LogP contribution in [0.4, 0.5) is 4.79 Å². The third-order valence-electron chi connectivity index (χ3n) is 4.83. The number of carbonyl (C=O) groups is 2. The number of aromatic hydroxyl groups is 1. The number of fused-ring (bicyclic) bond motifs is 1. The average molecular weight is 393 g/mol. The van der Waals surface area contributed by atoms with Crippen molar-refractivity contribution in [2.75, 3.05) is 6.61 Å². The maximum atomic E-state index is 12.5. The molecule has 0 aromatic heterocycles. The van der Waals surface area contributed by atoms with Crippen LogP contribution in [0.3, 0.4) is 0 Å². The maximum absolute atomic E-state index is 12.5. The van der Waals surface area contributed by atoms with Gasteiger partial charge < -0.3 is 14.9 Å². The van der Waals surface area contributed by atoms with Crippen molar-refractivity contribution in [2.45, 2.75) is 19.4 Å². The minimum absolute atomic E-state index is 0.0678. The second-order valence-corrected chi connectivity index (χ2v) is 6.86. The van der Waals surface area contributed by atoms with Gasteiger partial charge in [0.05, 0.1) is 0 Å². The van der Waals surface area contributed by atoms with Gasteiger partial charge in [0.15, 0.2) is 0 Å². The number of alkyl carbamates (subject to hydrolysis) is 1. The van der Waals surface area contributed by atoms with Crippen molar-refractivity contribution in [1.82, 2.24) is 5.32 Å². The first-order chi connectivity index (χ1) is 14.0. The maximum Gasteiger partial charge on any atom is 0.414 e. The first-order valence-corrected chi connectivity index (χ1v) is 9.39. The number of phenols is 1. The predicted octanol–water partition coefficient (Wildman–Crippen LogP) is 4.17. The third-order valence-corrected chi connectivity index (χ3v) is 4.83. The Morgan fingerprint density at radius 3 is 2.31 bits per heavy atom. The van der Waals surface area contributed by atoms with Crippen LogP contribution < -0.4 is 5.32 Å². The molecule has 0 aliphatic heterocycles. The lowest BCUT2D eigenvalue weighted by atomic mass is 9.91. The summed E-state index contributed by atoms with van der Waals surface area (Å²) < 4.78 is 5.63. The summed E-state index contributed by atoms with van der Waals surface area (Å²) >= 11 is 0. The van der Waals surface area contributed by atoms with E-state index in [0.717, 1.165) is 5.39 Å². The van der Waals surface area contributed by atoms with E-state index in [9.17, 15) is 19.8 Å². The van der Waals surface area contributed by atoms with E-state index in [2.05, 4.69) is 5.32 Å². The molecule has 0 saturated carbocycles. The molecule has 0 aliphatic rings. The molecule has 0 radical (unpaired) electrons. The minimum Gasteiger partial charge on any atom is -0.507 e. The van der Waals surface area contributed by atoms with Crippen LogP contribution in [0.2, 0.25) is 0 Å². The van der Waals surface area contributed by atoms with Crippen molar-refractivity contribution in [3.8, 4) is 5.75 Å². The van der Waals surface area contributed by atoms with E-state index in [1.165, 1.54) is 0 Å². The Morgan fingerprint density at radius 1 is 0.966 bits per heavy atom. The number of aliphatic hydroxyl groups is 1. The first-order valence-electron chi connectivity index (χ1n) is 9.39. The largest absolute Gasteiger partial charge is 0.507 e. The molecule has 2 atom stereocenters. The molecule has 6 heteroatoms. The van der Waals surface area contributed by atoms with Crippen molar-refractivity contribution in [3.05, 3.63) is 77.9 Å². The van der Waals surface area contributed by atoms with E-state index in [0.29, 0.717) is 22.9 Å². The zero-order valence-electron chi connectivity index (χ0n) is 16.0. The van der Waals surface area contributed by atoms with Crippen LogP contribution >= 0.6 is 0 Å². The summed E-state index contributed by atoms with van der Waals surface area (Å²) in [4.78, 5) is 24.7. The number of hydrogen-bond acceptors (Lipinski definition) is 5. The molecule has 3 aromatic carbocycles. The second-order valence-electron chi connectivity index (χ2n) is 6.86. The van der Waals surface area contributed by atoms with Crippen LogP contribution in [-0.2, 0) is 4.74 Å². The standard InChI is InChI=1S/C23H23NO5/c1-15(13-14-25)21(19-11-12-20(26)18-10-6-5-9-17(18)19)29-23(28)24-22(27)16-7-3-2-4-8-16/h2-12,15,21,25-26H,13-14H2,1H3,(H,24,27,28)/t15-,21-/m0/s1. The van der Waals surface area contributed by atoms with Crippen molar-refractivity contribution >= 4 is 22.8 Å². The zero-order valence-corrected chi connectivity index (χ0v) is 16.0. The van der Waals surface area contributed by atoms with Crippen LogP contribution in [0, 0.1) is 5.92 Å². The average Bonchev–Trinajstić information content (AvgIpc) is 2.73. The highest BCUT2D eigenvalue weighted by atomic mass is 16.6. The molecule has 0 spiro atoms. The molecule has 29 heavy (non-hydrogen) atoms. The van der Waals surface area contributed by atoms with Gasteiger partial charge in [0.25, 0.3) is 5.91 Å². The first kappa shape index (κ1) is 20.4. The number of imide groups is 1. The van der Waals surface area contributed by atoms with E-state index < -0.39 is 18.1 Å². The van der Waals surface area contributed by atoms with Gasteiger partial charge in [-0.15, -0.1) is 0 Å². The summed E-state index contributed by atoms with van der Waals surface area (Å²) in [6, 6.07) is 18.9. The van der Waals surface area contributed by atoms with Crippen molar-refractivity contribution in [2.24, 2.45) is 5.92 Å². The van der Waals surface area contributed by atoms with Crippen molar-refractivity contribution in [3.63, 3.8) is 0 Å². The molecule has 0 bridgehead atoms. The molecule has 3 aromatic rings. The monoisotopic (exact) mass is 393 g/mol. The Labute approximate surface area is 168 Å². The molecule has 0 unspecified atom stereocenters. The van der Waals surface area contributed by atoms with Gasteiger partial charge in [-0.2, -0.15) is 0 Å². The number of rotatable bonds is 6. The van der Waals surface area contributed by atoms with Crippen LogP contribution in [0.25, 0.3) is 10.8 Å². The lowest BCUT2D eigenvalue weighted by molar-refractivity contribution is 0.0552. The van der Waals surface area contributed by atoms with Gasteiger partial charge in [0.2, 0.25) is 0 Å². The quantitative estimate of drug-likeness (QED) is 0.584. The van der Waals surface area contributed by atoms with Gasteiger partial charge >= 0.3 is 6.09 Å². The fourth-order valence-corrected chi connectivity index (χ4v) is 3.29. The van der Waals surface area contributed by atoms with E-state index >= 15 is 0 Å². The lowest BCUT2D eigenvalue weighted by Gasteiger charge is -2.25. The molecular formula is C23H23NO5. The highest BCUT2D eigenvalue weighted by Crippen LogP contribution is 2.36. The lowest BCUT2D eigenvalue weighted by Crippen LogP contribution is -2.33. The predicted molar refractivity (Wildman–Crippen MR) is 110 cm³/mol. The number of aliphatic hydroxyl groups excluding tert-OH is 1. The van der Waals surface area contributed by atoms with Crippen LogP contribution in [0.15, 0.2) is 66.7 Å². The van der Waals surface area contributed by atoms with Gasteiger partial charge in [-0.25, -0.2) is 4.79 Å². The number of ether oxygens (including phenoxy) is 1. The zero-order chi connectivity index (χ0) is 20.8. The number of hydrogen-bond donors (Lipinski definition) is 3. The molecule has 0 fully saturated rings. The Morgan fingerprint density at radius 2 is 1.62 bits per heavy atom. The summed E-state index contributed by atoms with van der Waals surface area (Å²) in [7, 11) is 0. The summed E-state index contributed by atoms with van der Waals surface area (Å²) in [5.41, 5.74) is 1.04. The van der Waals surface area contributed by atoms with E-state index in [1.807, 2.05) is 25.1 Å². The van der Waals surface area contributed by atoms with E-state index in [-0.39, 0.29) is 18.3 Å².